The fourth-order valence-corrected chi connectivity index (χ4v) is 4.62. The molecule has 2 amide bonds. The summed E-state index contributed by atoms with van der Waals surface area (Å²) in [6.45, 7) is 8.84. The Morgan fingerprint density at radius 3 is 2.38 bits per heavy atom. The monoisotopic (exact) mass is 399 g/mol. The van der Waals surface area contributed by atoms with Crippen LogP contribution in [0, 0.1) is 0 Å². The Balaban J connectivity index is 1.80. The van der Waals surface area contributed by atoms with Gasteiger partial charge in [-0.3, -0.25) is 0 Å². The first-order valence-electron chi connectivity index (χ1n) is 11.1. The number of amides is 2. The summed E-state index contributed by atoms with van der Waals surface area (Å²) in [6, 6.07) is 8.99. The van der Waals surface area contributed by atoms with Gasteiger partial charge in [-0.2, -0.15) is 0 Å². The lowest BCUT2D eigenvalue weighted by molar-refractivity contribution is -0.00860. The predicted molar refractivity (Wildman–Crippen MR) is 119 cm³/mol. The molecule has 0 bridgehead atoms. The van der Waals surface area contributed by atoms with Crippen molar-refractivity contribution < 1.29 is 9.90 Å². The summed E-state index contributed by atoms with van der Waals surface area (Å²) in [5.74, 6) is 0.138. The van der Waals surface area contributed by atoms with Crippen LogP contribution >= 0.6 is 0 Å². The minimum absolute atomic E-state index is 0.0265. The van der Waals surface area contributed by atoms with Gasteiger partial charge in [0.25, 0.3) is 0 Å². The van der Waals surface area contributed by atoms with Crippen LogP contribution in [0.2, 0.25) is 0 Å². The number of hydrogen-bond donors (Lipinski definition) is 3. The predicted octanol–water partition coefficient (Wildman–Crippen LogP) is 3.89. The summed E-state index contributed by atoms with van der Waals surface area (Å²) in [5.41, 5.74) is 3.96. The molecule has 0 unspecified atom stereocenters. The number of carbonyl (C=O) groups excluding carboxylic acids is 1. The van der Waals surface area contributed by atoms with Gasteiger partial charge < -0.3 is 20.6 Å². The maximum atomic E-state index is 12.8. The lowest BCUT2D eigenvalue weighted by Crippen LogP contribution is -2.70. The fraction of sp³-hybridized carbons (Fsp3) is 0.625. The molecule has 2 aliphatic rings. The van der Waals surface area contributed by atoms with Gasteiger partial charge in [-0.1, -0.05) is 44.2 Å². The van der Waals surface area contributed by atoms with Crippen LogP contribution in [0.25, 0.3) is 5.57 Å². The van der Waals surface area contributed by atoms with Gasteiger partial charge in [-0.25, -0.2) is 4.79 Å². The van der Waals surface area contributed by atoms with Crippen molar-refractivity contribution in [3.8, 4) is 0 Å². The van der Waals surface area contributed by atoms with Crippen molar-refractivity contribution in [1.82, 2.24) is 15.5 Å². The summed E-state index contributed by atoms with van der Waals surface area (Å²) >= 11 is 0. The third-order valence-electron chi connectivity index (χ3n) is 6.07. The lowest BCUT2D eigenvalue weighted by atomic mass is 9.75. The molecule has 5 nitrogen and oxygen atoms in total. The van der Waals surface area contributed by atoms with E-state index in [0.29, 0.717) is 6.04 Å². The normalized spacial score (nSPS) is 24.4. The van der Waals surface area contributed by atoms with E-state index in [9.17, 15) is 9.90 Å². The molecule has 1 saturated heterocycles. The van der Waals surface area contributed by atoms with Crippen molar-refractivity contribution in [1.29, 1.82) is 0 Å². The van der Waals surface area contributed by atoms with Gasteiger partial charge in [0.05, 0.1) is 18.7 Å². The van der Waals surface area contributed by atoms with E-state index in [1.165, 1.54) is 36.0 Å². The molecule has 0 spiro atoms. The molecule has 29 heavy (non-hydrogen) atoms. The van der Waals surface area contributed by atoms with Crippen LogP contribution in [0.3, 0.4) is 0 Å². The molecule has 3 rings (SSSR count). The number of carbonyl (C=O) groups is 1. The van der Waals surface area contributed by atoms with E-state index in [-0.39, 0.29) is 36.7 Å². The van der Waals surface area contributed by atoms with E-state index < -0.39 is 0 Å². The first kappa shape index (κ1) is 21.8. The molecule has 0 saturated carbocycles. The van der Waals surface area contributed by atoms with Gasteiger partial charge in [0.1, 0.15) is 0 Å². The van der Waals surface area contributed by atoms with Crippen LogP contribution in [-0.2, 0) is 0 Å². The van der Waals surface area contributed by atoms with Gasteiger partial charge in [0, 0.05) is 24.5 Å². The number of nitrogens with zero attached hydrogens (tertiary/aromatic N) is 1. The maximum Gasteiger partial charge on any atom is 0.318 e. The smallest absolute Gasteiger partial charge is 0.318 e. The lowest BCUT2D eigenvalue weighted by Gasteiger charge is -2.55. The zero-order valence-electron chi connectivity index (χ0n) is 18.3. The minimum Gasteiger partial charge on any atom is -0.394 e. The van der Waals surface area contributed by atoms with Gasteiger partial charge in [0.15, 0.2) is 0 Å². The van der Waals surface area contributed by atoms with Crippen LogP contribution in [0.15, 0.2) is 30.3 Å². The molecular weight excluding hydrogens is 362 g/mol. The summed E-state index contributed by atoms with van der Waals surface area (Å²) in [5, 5.41) is 16.5. The maximum absolute atomic E-state index is 12.8. The molecule has 0 radical (unpaired) electrons. The Morgan fingerprint density at radius 2 is 1.83 bits per heavy atom. The SMILES string of the molecule is CC(C)NC[C@@H]1[C@@H](c2ccc(C3=CCCCC3)cc2)[C@H](CO)N1C(=O)NC(C)C. The highest BCUT2D eigenvalue weighted by molar-refractivity contribution is 5.77. The Labute approximate surface area is 175 Å². The van der Waals surface area contributed by atoms with Gasteiger partial charge >= 0.3 is 6.03 Å². The number of likely N-dealkylation sites (tertiary alicyclic amines) is 1. The van der Waals surface area contributed by atoms with E-state index in [1.807, 2.05) is 18.7 Å². The molecule has 160 valence electrons. The Morgan fingerprint density at radius 1 is 1.10 bits per heavy atom. The Bertz CT molecular complexity index is 711. The van der Waals surface area contributed by atoms with E-state index >= 15 is 0 Å². The number of aliphatic hydroxyl groups excluding tert-OH is 1. The molecule has 5 heteroatoms. The van der Waals surface area contributed by atoms with E-state index in [4.69, 9.17) is 0 Å². The number of allylic oxidation sites excluding steroid dienone is 2. The van der Waals surface area contributed by atoms with Gasteiger partial charge in [0.2, 0.25) is 0 Å². The molecule has 1 fully saturated rings. The first-order chi connectivity index (χ1) is 13.9. The summed E-state index contributed by atoms with van der Waals surface area (Å²) < 4.78 is 0. The van der Waals surface area contributed by atoms with Crippen molar-refractivity contribution in [2.45, 2.75) is 83.5 Å². The Kier molecular flexibility index (Phi) is 7.36. The number of aliphatic hydroxyl groups is 1. The number of benzene rings is 1. The molecule has 3 atom stereocenters. The molecule has 1 aromatic carbocycles. The standard InChI is InChI=1S/C24H37N3O2/c1-16(2)25-14-21-23(22(15-28)27(21)24(29)26-17(3)4)20-12-10-19(11-13-20)18-8-6-5-7-9-18/h8,10-13,16-17,21-23,25,28H,5-7,9,14-15H2,1-4H3,(H,26,29)/t21-,22+,23-/m1/s1. The second-order valence-electron chi connectivity index (χ2n) is 9.01. The number of nitrogens with one attached hydrogen (secondary N) is 2. The molecular formula is C24H37N3O2. The van der Waals surface area contributed by atoms with Crippen LogP contribution < -0.4 is 10.6 Å². The second kappa shape index (κ2) is 9.77. The average molecular weight is 400 g/mol. The third kappa shape index (κ3) is 5.01. The van der Waals surface area contributed by atoms with Crippen LogP contribution in [0.5, 0.6) is 0 Å². The zero-order valence-corrected chi connectivity index (χ0v) is 18.3. The van der Waals surface area contributed by atoms with Crippen molar-refractivity contribution in [3.63, 3.8) is 0 Å². The summed E-state index contributed by atoms with van der Waals surface area (Å²) in [6.07, 6.45) is 7.26. The van der Waals surface area contributed by atoms with E-state index in [0.717, 1.165) is 13.0 Å². The van der Waals surface area contributed by atoms with E-state index in [1.54, 1.807) is 0 Å². The van der Waals surface area contributed by atoms with Gasteiger partial charge in [-0.15, -0.1) is 0 Å². The Hall–Kier alpha value is -1.85. The van der Waals surface area contributed by atoms with Crippen LogP contribution in [0.4, 0.5) is 4.79 Å². The highest BCUT2D eigenvalue weighted by atomic mass is 16.3. The third-order valence-corrected chi connectivity index (χ3v) is 6.07. The van der Waals surface area contributed by atoms with Crippen molar-refractivity contribution in [2.75, 3.05) is 13.2 Å². The molecule has 1 aliphatic carbocycles. The molecule has 1 aliphatic heterocycles. The molecule has 1 aromatic rings. The number of urea groups is 1. The van der Waals surface area contributed by atoms with E-state index in [2.05, 4.69) is 54.8 Å². The highest BCUT2D eigenvalue weighted by Crippen LogP contribution is 2.41. The number of rotatable bonds is 7. The fourth-order valence-electron chi connectivity index (χ4n) is 4.62. The van der Waals surface area contributed by atoms with Crippen LogP contribution in [-0.4, -0.2) is 53.4 Å². The van der Waals surface area contributed by atoms with Crippen molar-refractivity contribution >= 4 is 11.6 Å². The zero-order chi connectivity index (χ0) is 21.0. The molecule has 1 heterocycles. The summed E-state index contributed by atoms with van der Waals surface area (Å²) in [7, 11) is 0. The largest absolute Gasteiger partial charge is 0.394 e. The highest BCUT2D eigenvalue weighted by Gasteiger charge is 2.51. The molecule has 0 aromatic heterocycles. The van der Waals surface area contributed by atoms with Gasteiger partial charge in [-0.05, 0) is 56.2 Å². The quantitative estimate of drug-likeness (QED) is 0.652. The number of hydrogen-bond acceptors (Lipinski definition) is 3. The molecule has 3 N–H and O–H groups in total. The topological polar surface area (TPSA) is 64.6 Å². The first-order valence-corrected chi connectivity index (χ1v) is 11.1. The van der Waals surface area contributed by atoms with Crippen molar-refractivity contribution in [3.05, 3.63) is 41.5 Å². The van der Waals surface area contributed by atoms with Crippen LogP contribution in [0.1, 0.15) is 70.4 Å². The summed E-state index contributed by atoms with van der Waals surface area (Å²) in [4.78, 5) is 14.6. The minimum atomic E-state index is -0.188. The second-order valence-corrected chi connectivity index (χ2v) is 9.01. The van der Waals surface area contributed by atoms with Crippen molar-refractivity contribution in [2.24, 2.45) is 0 Å². The average Bonchev–Trinajstić information content (AvgIpc) is 2.68.